The Morgan fingerprint density at radius 2 is 1.71 bits per heavy atom. The normalized spacial score (nSPS) is 10.4. The van der Waals surface area contributed by atoms with Gasteiger partial charge in [0.05, 0.1) is 20.8 Å². The van der Waals surface area contributed by atoms with E-state index in [1.807, 2.05) is 42.5 Å². The van der Waals surface area contributed by atoms with Crippen LogP contribution in [0.1, 0.15) is 16.7 Å². The fraction of sp³-hybridized carbons (Fsp3) is 0.294. The molecule has 0 unspecified atom stereocenters. The second-order valence-electron chi connectivity index (χ2n) is 4.73. The van der Waals surface area contributed by atoms with Crippen molar-refractivity contribution in [2.45, 2.75) is 19.7 Å². The van der Waals surface area contributed by atoms with Gasteiger partial charge in [0.2, 0.25) is 0 Å². The molecule has 2 aromatic carbocycles. The number of ether oxygens (including phenoxy) is 2. The molecule has 2 rings (SSSR count). The minimum atomic E-state index is 0.0670. The van der Waals surface area contributed by atoms with E-state index in [-0.39, 0.29) is 6.61 Å². The van der Waals surface area contributed by atoms with Gasteiger partial charge < -0.3 is 19.9 Å². The van der Waals surface area contributed by atoms with Crippen molar-refractivity contribution in [3.8, 4) is 11.5 Å². The summed E-state index contributed by atoms with van der Waals surface area (Å²) in [6.45, 7) is 1.48. The SMILES string of the molecule is COc1cccc(CNCc2cccc(CO)c2)c1OC. The van der Waals surface area contributed by atoms with Crippen molar-refractivity contribution in [3.05, 3.63) is 59.2 Å². The number of rotatable bonds is 7. The van der Waals surface area contributed by atoms with Gasteiger partial charge in [-0.2, -0.15) is 0 Å². The molecule has 0 aliphatic rings. The first-order valence-corrected chi connectivity index (χ1v) is 6.87. The molecule has 0 amide bonds. The molecular weight excluding hydrogens is 266 g/mol. The van der Waals surface area contributed by atoms with Gasteiger partial charge in [-0.15, -0.1) is 0 Å². The summed E-state index contributed by atoms with van der Waals surface area (Å²) >= 11 is 0. The maximum Gasteiger partial charge on any atom is 0.165 e. The second kappa shape index (κ2) is 7.67. The molecule has 0 atom stereocenters. The van der Waals surface area contributed by atoms with Gasteiger partial charge in [-0.3, -0.25) is 0 Å². The highest BCUT2D eigenvalue weighted by Gasteiger charge is 2.08. The van der Waals surface area contributed by atoms with Crippen molar-refractivity contribution in [1.29, 1.82) is 0 Å². The van der Waals surface area contributed by atoms with Crippen molar-refractivity contribution in [2.75, 3.05) is 14.2 Å². The Kier molecular flexibility index (Phi) is 5.60. The molecule has 0 saturated carbocycles. The third-order valence-electron chi connectivity index (χ3n) is 3.30. The first-order valence-electron chi connectivity index (χ1n) is 6.87. The molecule has 112 valence electrons. The molecule has 0 radical (unpaired) electrons. The number of benzene rings is 2. The van der Waals surface area contributed by atoms with Gasteiger partial charge in [0.1, 0.15) is 0 Å². The molecule has 2 aromatic rings. The average molecular weight is 287 g/mol. The number of hydrogen-bond donors (Lipinski definition) is 2. The highest BCUT2D eigenvalue weighted by Crippen LogP contribution is 2.30. The monoisotopic (exact) mass is 287 g/mol. The number of aliphatic hydroxyl groups is 1. The first kappa shape index (κ1) is 15.4. The Hall–Kier alpha value is -2.04. The summed E-state index contributed by atoms with van der Waals surface area (Å²) in [5.41, 5.74) is 3.12. The van der Waals surface area contributed by atoms with E-state index in [1.165, 1.54) is 0 Å². The largest absolute Gasteiger partial charge is 0.493 e. The molecule has 21 heavy (non-hydrogen) atoms. The van der Waals surface area contributed by atoms with Gasteiger partial charge in [0.25, 0.3) is 0 Å². The van der Waals surface area contributed by atoms with Crippen LogP contribution in [0.25, 0.3) is 0 Å². The Balaban J connectivity index is 2.00. The van der Waals surface area contributed by atoms with Crippen molar-refractivity contribution in [2.24, 2.45) is 0 Å². The molecule has 0 bridgehead atoms. The molecule has 0 aliphatic carbocycles. The van der Waals surface area contributed by atoms with Crippen LogP contribution in [0.4, 0.5) is 0 Å². The highest BCUT2D eigenvalue weighted by molar-refractivity contribution is 5.46. The van der Waals surface area contributed by atoms with E-state index in [1.54, 1.807) is 14.2 Å². The van der Waals surface area contributed by atoms with E-state index in [0.29, 0.717) is 6.54 Å². The molecule has 0 fully saturated rings. The summed E-state index contributed by atoms with van der Waals surface area (Å²) in [5.74, 6) is 1.50. The lowest BCUT2D eigenvalue weighted by atomic mass is 10.1. The van der Waals surface area contributed by atoms with Crippen LogP contribution >= 0.6 is 0 Å². The van der Waals surface area contributed by atoms with Crippen molar-refractivity contribution in [1.82, 2.24) is 5.32 Å². The van der Waals surface area contributed by atoms with Gasteiger partial charge in [-0.25, -0.2) is 0 Å². The third kappa shape index (κ3) is 3.97. The Labute approximate surface area is 125 Å². The fourth-order valence-electron chi connectivity index (χ4n) is 2.27. The molecule has 0 heterocycles. The van der Waals surface area contributed by atoms with E-state index in [2.05, 4.69) is 5.32 Å². The molecule has 4 heteroatoms. The van der Waals surface area contributed by atoms with E-state index in [4.69, 9.17) is 14.6 Å². The molecule has 0 spiro atoms. The second-order valence-corrected chi connectivity index (χ2v) is 4.73. The minimum absolute atomic E-state index is 0.0670. The first-order chi connectivity index (χ1) is 10.3. The molecule has 0 aliphatic heterocycles. The summed E-state index contributed by atoms with van der Waals surface area (Å²) in [4.78, 5) is 0. The van der Waals surface area contributed by atoms with E-state index in [9.17, 15) is 0 Å². The maximum atomic E-state index is 9.14. The van der Waals surface area contributed by atoms with Crippen LogP contribution in [0, 0.1) is 0 Å². The Morgan fingerprint density at radius 3 is 2.43 bits per heavy atom. The van der Waals surface area contributed by atoms with Gasteiger partial charge in [0, 0.05) is 18.7 Å². The Morgan fingerprint density at radius 1 is 0.952 bits per heavy atom. The van der Waals surface area contributed by atoms with Crippen molar-refractivity contribution >= 4 is 0 Å². The topological polar surface area (TPSA) is 50.7 Å². The van der Waals surface area contributed by atoms with Gasteiger partial charge in [0.15, 0.2) is 11.5 Å². The highest BCUT2D eigenvalue weighted by atomic mass is 16.5. The van der Waals surface area contributed by atoms with Gasteiger partial charge >= 0.3 is 0 Å². The van der Waals surface area contributed by atoms with E-state index in [0.717, 1.165) is 34.7 Å². The summed E-state index contributed by atoms with van der Waals surface area (Å²) in [6.07, 6.45) is 0. The smallest absolute Gasteiger partial charge is 0.165 e. The lowest BCUT2D eigenvalue weighted by molar-refractivity contribution is 0.281. The summed E-state index contributed by atoms with van der Waals surface area (Å²) in [5, 5.41) is 12.5. The fourth-order valence-corrected chi connectivity index (χ4v) is 2.27. The van der Waals surface area contributed by atoms with Crippen LogP contribution in [-0.4, -0.2) is 19.3 Å². The number of para-hydroxylation sites is 1. The standard InChI is InChI=1S/C17H21NO3/c1-20-16-8-4-7-15(17(16)21-2)11-18-10-13-5-3-6-14(9-13)12-19/h3-9,18-19H,10-12H2,1-2H3. The zero-order valence-electron chi connectivity index (χ0n) is 12.4. The van der Waals surface area contributed by atoms with Crippen LogP contribution < -0.4 is 14.8 Å². The molecular formula is C17H21NO3. The molecule has 0 saturated heterocycles. The van der Waals surface area contributed by atoms with Gasteiger partial charge in [-0.05, 0) is 17.2 Å². The van der Waals surface area contributed by atoms with E-state index >= 15 is 0 Å². The predicted octanol–water partition coefficient (Wildman–Crippen LogP) is 2.49. The zero-order valence-corrected chi connectivity index (χ0v) is 12.4. The number of nitrogens with one attached hydrogen (secondary N) is 1. The average Bonchev–Trinajstić information content (AvgIpc) is 2.54. The lowest BCUT2D eigenvalue weighted by Crippen LogP contribution is -2.13. The van der Waals surface area contributed by atoms with Crippen LogP contribution in [0.5, 0.6) is 11.5 Å². The van der Waals surface area contributed by atoms with Crippen LogP contribution in [-0.2, 0) is 19.7 Å². The van der Waals surface area contributed by atoms with Crippen LogP contribution in [0.15, 0.2) is 42.5 Å². The lowest BCUT2D eigenvalue weighted by Gasteiger charge is -2.13. The van der Waals surface area contributed by atoms with Crippen molar-refractivity contribution < 1.29 is 14.6 Å². The van der Waals surface area contributed by atoms with Crippen LogP contribution in [0.2, 0.25) is 0 Å². The number of aliphatic hydroxyl groups excluding tert-OH is 1. The Bertz CT molecular complexity index is 584. The quantitative estimate of drug-likeness (QED) is 0.821. The molecule has 0 aromatic heterocycles. The maximum absolute atomic E-state index is 9.14. The molecule has 4 nitrogen and oxygen atoms in total. The van der Waals surface area contributed by atoms with Gasteiger partial charge in [-0.1, -0.05) is 36.4 Å². The third-order valence-corrected chi connectivity index (χ3v) is 3.30. The summed E-state index contributed by atoms with van der Waals surface area (Å²) in [6, 6.07) is 13.7. The molecule has 2 N–H and O–H groups in total. The van der Waals surface area contributed by atoms with Crippen molar-refractivity contribution in [3.63, 3.8) is 0 Å². The van der Waals surface area contributed by atoms with Crippen LogP contribution in [0.3, 0.4) is 0 Å². The summed E-state index contributed by atoms with van der Waals surface area (Å²) in [7, 11) is 3.28. The summed E-state index contributed by atoms with van der Waals surface area (Å²) < 4.78 is 10.7. The predicted molar refractivity (Wildman–Crippen MR) is 82.5 cm³/mol. The number of hydrogen-bond acceptors (Lipinski definition) is 4. The van der Waals surface area contributed by atoms with E-state index < -0.39 is 0 Å². The minimum Gasteiger partial charge on any atom is -0.493 e. The number of methoxy groups -OCH3 is 2. The zero-order chi connectivity index (χ0) is 15.1.